The Balaban J connectivity index is 3.08. The smallest absolute Gasteiger partial charge is 0.396 e. The molecule has 0 amide bonds. The summed E-state index contributed by atoms with van der Waals surface area (Å²) in [5.74, 6) is -1.27. The van der Waals surface area contributed by atoms with Crippen LogP contribution in [0.5, 0.6) is 5.88 Å². The molecule has 0 atom stereocenters. The van der Waals surface area contributed by atoms with Gasteiger partial charge >= 0.3 is 6.18 Å². The standard InChI is InChI=1S/C7H7F3N2O2/c1-3-5(13)11-4(12-6(3)14)2-7(8,9)10/h2H2,1H3,(H2,11,12,13,14). The summed E-state index contributed by atoms with van der Waals surface area (Å²) in [5.41, 5.74) is -0.868. The van der Waals surface area contributed by atoms with Gasteiger partial charge in [0, 0.05) is 0 Å². The predicted molar refractivity (Wildman–Crippen MR) is 41.0 cm³/mol. The van der Waals surface area contributed by atoms with E-state index in [2.05, 4.69) is 4.98 Å². The first-order valence-corrected chi connectivity index (χ1v) is 3.65. The van der Waals surface area contributed by atoms with E-state index in [1.807, 2.05) is 4.98 Å². The summed E-state index contributed by atoms with van der Waals surface area (Å²) < 4.78 is 35.6. The fourth-order valence-corrected chi connectivity index (χ4v) is 0.840. The first-order valence-electron chi connectivity index (χ1n) is 3.65. The number of nitrogens with one attached hydrogen (secondary N) is 1. The van der Waals surface area contributed by atoms with Crippen LogP contribution in [0.3, 0.4) is 0 Å². The predicted octanol–water partition coefficient (Wildman–Crippen LogP) is 0.889. The molecule has 0 fully saturated rings. The van der Waals surface area contributed by atoms with E-state index in [0.717, 1.165) is 0 Å². The van der Waals surface area contributed by atoms with Crippen LogP contribution < -0.4 is 5.56 Å². The minimum absolute atomic E-state index is 0.101. The summed E-state index contributed by atoms with van der Waals surface area (Å²) in [6.45, 7) is 1.26. The Hall–Kier alpha value is -1.53. The van der Waals surface area contributed by atoms with Crippen molar-refractivity contribution in [3.63, 3.8) is 0 Å². The monoisotopic (exact) mass is 208 g/mol. The molecule has 2 N–H and O–H groups in total. The van der Waals surface area contributed by atoms with Crippen molar-refractivity contribution in [1.82, 2.24) is 9.97 Å². The fourth-order valence-electron chi connectivity index (χ4n) is 0.840. The number of hydrogen-bond donors (Lipinski definition) is 2. The second-order valence-corrected chi connectivity index (χ2v) is 2.75. The average Bonchev–Trinajstić information content (AvgIpc) is 1.96. The molecule has 0 aromatic carbocycles. The van der Waals surface area contributed by atoms with Crippen molar-refractivity contribution in [3.8, 4) is 5.88 Å². The van der Waals surface area contributed by atoms with Crippen LogP contribution in [0.15, 0.2) is 4.79 Å². The molecule has 0 aliphatic carbocycles. The molecule has 78 valence electrons. The molecule has 0 spiro atoms. The van der Waals surface area contributed by atoms with Gasteiger partial charge in [0.1, 0.15) is 12.2 Å². The molecule has 0 saturated carbocycles. The molecule has 0 saturated heterocycles. The molecule has 4 nitrogen and oxygen atoms in total. The van der Waals surface area contributed by atoms with Gasteiger partial charge in [-0.1, -0.05) is 0 Å². The van der Waals surface area contributed by atoms with Crippen LogP contribution in [-0.2, 0) is 6.42 Å². The highest BCUT2D eigenvalue weighted by Crippen LogP contribution is 2.19. The number of aromatic nitrogens is 2. The van der Waals surface area contributed by atoms with E-state index in [0.29, 0.717) is 0 Å². The summed E-state index contributed by atoms with van der Waals surface area (Å²) in [6.07, 6.45) is -5.83. The summed E-state index contributed by atoms with van der Waals surface area (Å²) in [5, 5.41) is 8.98. The molecule has 0 radical (unpaired) electrons. The molecular weight excluding hydrogens is 201 g/mol. The van der Waals surface area contributed by atoms with E-state index in [1.54, 1.807) is 0 Å². The van der Waals surface area contributed by atoms with Gasteiger partial charge < -0.3 is 10.1 Å². The molecule has 0 aliphatic rings. The van der Waals surface area contributed by atoms with Gasteiger partial charge in [-0.3, -0.25) is 4.79 Å². The number of halogens is 3. The van der Waals surface area contributed by atoms with Crippen molar-refractivity contribution in [2.75, 3.05) is 0 Å². The second kappa shape index (κ2) is 3.32. The van der Waals surface area contributed by atoms with Crippen LogP contribution >= 0.6 is 0 Å². The number of rotatable bonds is 1. The lowest BCUT2D eigenvalue weighted by Gasteiger charge is -2.05. The molecule has 1 aromatic heterocycles. The highest BCUT2D eigenvalue weighted by Gasteiger charge is 2.29. The maximum absolute atomic E-state index is 11.9. The Bertz CT molecular complexity index is 397. The van der Waals surface area contributed by atoms with Gasteiger partial charge in [0.2, 0.25) is 5.88 Å². The zero-order chi connectivity index (χ0) is 10.9. The Morgan fingerprint density at radius 3 is 2.50 bits per heavy atom. The van der Waals surface area contributed by atoms with Gasteiger partial charge in [-0.05, 0) is 6.92 Å². The Labute approximate surface area is 76.4 Å². The number of aromatic amines is 1. The van der Waals surface area contributed by atoms with Gasteiger partial charge in [-0.25, -0.2) is 0 Å². The van der Waals surface area contributed by atoms with Crippen LogP contribution in [-0.4, -0.2) is 21.3 Å². The zero-order valence-electron chi connectivity index (χ0n) is 7.14. The molecule has 14 heavy (non-hydrogen) atoms. The number of H-pyrrole nitrogens is 1. The highest BCUT2D eigenvalue weighted by atomic mass is 19.4. The van der Waals surface area contributed by atoms with E-state index in [1.165, 1.54) is 6.92 Å². The minimum Gasteiger partial charge on any atom is -0.493 e. The van der Waals surface area contributed by atoms with Crippen LogP contribution in [0.1, 0.15) is 11.4 Å². The summed E-state index contributed by atoms with van der Waals surface area (Å²) in [6, 6.07) is 0. The Morgan fingerprint density at radius 2 is 2.07 bits per heavy atom. The quantitative estimate of drug-likeness (QED) is 0.720. The maximum atomic E-state index is 11.9. The molecule has 1 rings (SSSR count). The number of aromatic hydroxyl groups is 1. The minimum atomic E-state index is -4.46. The van der Waals surface area contributed by atoms with Crippen molar-refractivity contribution >= 4 is 0 Å². The number of hydrogen-bond acceptors (Lipinski definition) is 3. The largest absolute Gasteiger partial charge is 0.493 e. The van der Waals surface area contributed by atoms with Crippen molar-refractivity contribution in [3.05, 3.63) is 21.7 Å². The Morgan fingerprint density at radius 1 is 1.50 bits per heavy atom. The lowest BCUT2D eigenvalue weighted by Crippen LogP contribution is -2.20. The number of alkyl halides is 3. The third kappa shape index (κ3) is 2.48. The van der Waals surface area contributed by atoms with Gasteiger partial charge in [-0.15, -0.1) is 0 Å². The zero-order valence-corrected chi connectivity index (χ0v) is 7.14. The summed E-state index contributed by atoms with van der Waals surface area (Å²) in [7, 11) is 0. The molecule has 1 aromatic rings. The van der Waals surface area contributed by atoms with Crippen LogP contribution in [0.2, 0.25) is 0 Å². The molecule has 1 heterocycles. The highest BCUT2D eigenvalue weighted by molar-refractivity contribution is 5.20. The van der Waals surface area contributed by atoms with Gasteiger partial charge in [0.15, 0.2) is 0 Å². The lowest BCUT2D eigenvalue weighted by molar-refractivity contribution is -0.128. The molecule has 0 unspecified atom stereocenters. The second-order valence-electron chi connectivity index (χ2n) is 2.75. The van der Waals surface area contributed by atoms with Gasteiger partial charge in [0.25, 0.3) is 5.56 Å². The van der Waals surface area contributed by atoms with E-state index in [9.17, 15) is 18.0 Å². The normalized spacial score (nSPS) is 11.7. The molecule has 0 bridgehead atoms. The van der Waals surface area contributed by atoms with Gasteiger partial charge in [0.05, 0.1) is 5.56 Å². The Kier molecular flexibility index (Phi) is 2.50. The maximum Gasteiger partial charge on any atom is 0.396 e. The first kappa shape index (κ1) is 10.6. The van der Waals surface area contributed by atoms with Crippen molar-refractivity contribution in [1.29, 1.82) is 0 Å². The lowest BCUT2D eigenvalue weighted by atomic mass is 10.3. The van der Waals surface area contributed by atoms with E-state index in [4.69, 9.17) is 5.11 Å². The molecular formula is C7H7F3N2O2. The summed E-state index contributed by atoms with van der Waals surface area (Å²) in [4.78, 5) is 16.0. The van der Waals surface area contributed by atoms with Crippen LogP contribution in [0, 0.1) is 6.92 Å². The topological polar surface area (TPSA) is 66.0 Å². The third-order valence-corrected chi connectivity index (χ3v) is 1.54. The average molecular weight is 208 g/mol. The van der Waals surface area contributed by atoms with Crippen molar-refractivity contribution < 1.29 is 18.3 Å². The van der Waals surface area contributed by atoms with Crippen LogP contribution in [0.4, 0.5) is 13.2 Å². The van der Waals surface area contributed by atoms with Crippen molar-refractivity contribution in [2.24, 2.45) is 0 Å². The fraction of sp³-hybridized carbons (Fsp3) is 0.429. The van der Waals surface area contributed by atoms with Gasteiger partial charge in [-0.2, -0.15) is 18.2 Å². The number of nitrogens with zero attached hydrogens (tertiary/aromatic N) is 1. The SMILES string of the molecule is Cc1c(O)nc(CC(F)(F)F)[nH]c1=O. The molecule has 7 heteroatoms. The van der Waals surface area contributed by atoms with Crippen LogP contribution in [0.25, 0.3) is 0 Å². The van der Waals surface area contributed by atoms with Crippen molar-refractivity contribution in [2.45, 2.75) is 19.5 Å². The third-order valence-electron chi connectivity index (χ3n) is 1.54. The van der Waals surface area contributed by atoms with E-state index < -0.39 is 29.9 Å². The molecule has 0 aliphatic heterocycles. The van der Waals surface area contributed by atoms with E-state index >= 15 is 0 Å². The first-order chi connectivity index (χ1) is 6.29. The summed E-state index contributed by atoms with van der Waals surface area (Å²) >= 11 is 0. The van der Waals surface area contributed by atoms with E-state index in [-0.39, 0.29) is 5.56 Å².